The highest BCUT2D eigenvalue weighted by molar-refractivity contribution is 7.89. The summed E-state index contributed by atoms with van der Waals surface area (Å²) in [6.45, 7) is 5.94. The zero-order valence-corrected chi connectivity index (χ0v) is 16.5. The third kappa shape index (κ3) is 5.52. The molecular formula is C20H27N3O3S. The molecule has 0 atom stereocenters. The van der Waals surface area contributed by atoms with Crippen LogP contribution >= 0.6 is 0 Å². The van der Waals surface area contributed by atoms with Gasteiger partial charge in [-0.1, -0.05) is 42.5 Å². The van der Waals surface area contributed by atoms with Crippen LogP contribution in [0.1, 0.15) is 5.56 Å². The monoisotopic (exact) mass is 389 g/mol. The highest BCUT2D eigenvalue weighted by atomic mass is 32.2. The number of ether oxygens (including phenoxy) is 1. The van der Waals surface area contributed by atoms with Gasteiger partial charge in [-0.2, -0.15) is 0 Å². The second kappa shape index (κ2) is 9.32. The van der Waals surface area contributed by atoms with Crippen LogP contribution in [0.25, 0.3) is 0 Å². The predicted octanol–water partition coefficient (Wildman–Crippen LogP) is 1.79. The van der Waals surface area contributed by atoms with E-state index in [1.807, 2.05) is 6.07 Å². The van der Waals surface area contributed by atoms with Gasteiger partial charge in [0.25, 0.3) is 0 Å². The van der Waals surface area contributed by atoms with Crippen molar-refractivity contribution in [2.45, 2.75) is 11.4 Å². The zero-order chi connectivity index (χ0) is 19.1. The Balaban J connectivity index is 1.44. The molecule has 7 heteroatoms. The fraction of sp³-hybridized carbons (Fsp3) is 0.400. The van der Waals surface area contributed by atoms with E-state index in [0.29, 0.717) is 18.8 Å². The quantitative estimate of drug-likeness (QED) is 0.746. The Kier molecular flexibility index (Phi) is 6.84. The van der Waals surface area contributed by atoms with Crippen LogP contribution in [-0.4, -0.2) is 64.6 Å². The number of nitrogens with one attached hydrogen (secondary N) is 1. The van der Waals surface area contributed by atoms with Crippen molar-refractivity contribution in [1.29, 1.82) is 0 Å². The Bertz CT molecular complexity index is 819. The van der Waals surface area contributed by atoms with Crippen molar-refractivity contribution in [3.05, 3.63) is 60.2 Å². The number of sulfonamides is 1. The first-order valence-electron chi connectivity index (χ1n) is 9.20. The van der Waals surface area contributed by atoms with Gasteiger partial charge >= 0.3 is 0 Å². The highest BCUT2D eigenvalue weighted by Gasteiger charge is 2.20. The maximum absolute atomic E-state index is 12.5. The Labute approximate surface area is 161 Å². The number of hydrogen-bond donors (Lipinski definition) is 1. The van der Waals surface area contributed by atoms with Crippen molar-refractivity contribution < 1.29 is 13.2 Å². The van der Waals surface area contributed by atoms with Gasteiger partial charge in [-0.3, -0.25) is 9.80 Å². The fourth-order valence-corrected chi connectivity index (χ4v) is 4.46. The average Bonchev–Trinajstić information content (AvgIpc) is 2.70. The summed E-state index contributed by atoms with van der Waals surface area (Å²) in [5.41, 5.74) is 1.33. The Morgan fingerprint density at radius 1 is 0.926 bits per heavy atom. The van der Waals surface area contributed by atoms with Gasteiger partial charge in [-0.25, -0.2) is 13.1 Å². The molecule has 1 N–H and O–H groups in total. The fourth-order valence-electron chi connectivity index (χ4n) is 3.27. The minimum absolute atomic E-state index is 0.181. The molecule has 1 aliphatic rings. The summed E-state index contributed by atoms with van der Waals surface area (Å²) in [4.78, 5) is 4.91. The molecule has 0 bridgehead atoms. The van der Waals surface area contributed by atoms with Crippen LogP contribution in [0.15, 0.2) is 59.5 Å². The molecule has 1 heterocycles. The molecule has 0 aromatic heterocycles. The molecule has 0 radical (unpaired) electrons. The van der Waals surface area contributed by atoms with Gasteiger partial charge in [0.1, 0.15) is 10.6 Å². The third-order valence-corrected chi connectivity index (χ3v) is 6.29. The van der Waals surface area contributed by atoms with Crippen LogP contribution in [-0.2, 0) is 16.6 Å². The molecule has 0 saturated carbocycles. The maximum Gasteiger partial charge on any atom is 0.244 e. The topological polar surface area (TPSA) is 61.9 Å². The molecule has 146 valence electrons. The predicted molar refractivity (Wildman–Crippen MR) is 106 cm³/mol. The molecule has 1 saturated heterocycles. The number of methoxy groups -OCH3 is 1. The molecule has 0 spiro atoms. The molecular weight excluding hydrogens is 362 g/mol. The van der Waals surface area contributed by atoms with Crippen molar-refractivity contribution in [2.75, 3.05) is 46.4 Å². The average molecular weight is 390 g/mol. The van der Waals surface area contributed by atoms with Gasteiger partial charge in [0.05, 0.1) is 7.11 Å². The van der Waals surface area contributed by atoms with Crippen LogP contribution < -0.4 is 9.46 Å². The lowest BCUT2D eigenvalue weighted by molar-refractivity contribution is 0.129. The number of para-hydroxylation sites is 1. The van der Waals surface area contributed by atoms with Gasteiger partial charge in [0, 0.05) is 45.8 Å². The molecule has 0 amide bonds. The summed E-state index contributed by atoms with van der Waals surface area (Å²) >= 11 is 0. The Hall–Kier alpha value is -1.93. The van der Waals surface area contributed by atoms with Crippen molar-refractivity contribution in [2.24, 2.45) is 0 Å². The lowest BCUT2D eigenvalue weighted by Crippen LogP contribution is -2.48. The number of rotatable bonds is 8. The Morgan fingerprint density at radius 2 is 1.56 bits per heavy atom. The summed E-state index contributed by atoms with van der Waals surface area (Å²) in [6, 6.07) is 17.1. The van der Waals surface area contributed by atoms with Crippen molar-refractivity contribution in [3.63, 3.8) is 0 Å². The second-order valence-corrected chi connectivity index (χ2v) is 8.39. The van der Waals surface area contributed by atoms with Gasteiger partial charge in [0.15, 0.2) is 0 Å². The Morgan fingerprint density at radius 3 is 2.26 bits per heavy atom. The molecule has 0 aliphatic carbocycles. The van der Waals surface area contributed by atoms with E-state index in [4.69, 9.17) is 4.74 Å². The van der Waals surface area contributed by atoms with E-state index in [9.17, 15) is 8.42 Å². The first-order chi connectivity index (χ1) is 13.1. The van der Waals surface area contributed by atoms with E-state index >= 15 is 0 Å². The summed E-state index contributed by atoms with van der Waals surface area (Å²) in [5, 5.41) is 0. The third-order valence-electron chi connectivity index (χ3n) is 4.79. The van der Waals surface area contributed by atoms with E-state index in [2.05, 4.69) is 38.8 Å². The first kappa shape index (κ1) is 19.8. The molecule has 1 fully saturated rings. The zero-order valence-electron chi connectivity index (χ0n) is 15.7. The summed E-state index contributed by atoms with van der Waals surface area (Å²) in [7, 11) is -2.09. The summed E-state index contributed by atoms with van der Waals surface area (Å²) in [5.74, 6) is 0.361. The van der Waals surface area contributed by atoms with Crippen LogP contribution in [0.5, 0.6) is 5.75 Å². The van der Waals surface area contributed by atoms with Gasteiger partial charge in [0.2, 0.25) is 10.0 Å². The minimum Gasteiger partial charge on any atom is -0.495 e. The van der Waals surface area contributed by atoms with E-state index in [-0.39, 0.29) is 4.90 Å². The van der Waals surface area contributed by atoms with Crippen LogP contribution in [0.2, 0.25) is 0 Å². The smallest absolute Gasteiger partial charge is 0.244 e. The van der Waals surface area contributed by atoms with Gasteiger partial charge in [-0.05, 0) is 17.7 Å². The van der Waals surface area contributed by atoms with Crippen LogP contribution in [0.3, 0.4) is 0 Å². The highest BCUT2D eigenvalue weighted by Crippen LogP contribution is 2.22. The molecule has 0 unspecified atom stereocenters. The first-order valence-corrected chi connectivity index (χ1v) is 10.7. The standard InChI is InChI=1S/C20H27N3O3S/c1-26-19-9-5-6-10-20(19)27(24,25)21-11-12-22-13-15-23(16-14-22)17-18-7-3-2-4-8-18/h2-10,21H,11-17H2,1H3. The van der Waals surface area contributed by atoms with E-state index in [1.165, 1.54) is 12.7 Å². The van der Waals surface area contributed by atoms with Gasteiger partial charge in [-0.15, -0.1) is 0 Å². The lowest BCUT2D eigenvalue weighted by Gasteiger charge is -2.34. The number of piperazine rings is 1. The number of hydrogen-bond acceptors (Lipinski definition) is 5. The van der Waals surface area contributed by atoms with Crippen molar-refractivity contribution in [1.82, 2.24) is 14.5 Å². The molecule has 6 nitrogen and oxygen atoms in total. The summed E-state index contributed by atoms with van der Waals surface area (Å²) < 4.78 is 32.8. The minimum atomic E-state index is -3.57. The van der Waals surface area contributed by atoms with Gasteiger partial charge < -0.3 is 4.74 Å². The van der Waals surface area contributed by atoms with E-state index < -0.39 is 10.0 Å². The lowest BCUT2D eigenvalue weighted by atomic mass is 10.2. The van der Waals surface area contributed by atoms with Crippen molar-refractivity contribution >= 4 is 10.0 Å². The van der Waals surface area contributed by atoms with Crippen LogP contribution in [0, 0.1) is 0 Å². The molecule has 27 heavy (non-hydrogen) atoms. The molecule has 2 aromatic rings. The van der Waals surface area contributed by atoms with Crippen molar-refractivity contribution in [3.8, 4) is 5.75 Å². The molecule has 1 aliphatic heterocycles. The largest absolute Gasteiger partial charge is 0.495 e. The second-order valence-electron chi connectivity index (χ2n) is 6.65. The van der Waals surface area contributed by atoms with E-state index in [1.54, 1.807) is 24.3 Å². The maximum atomic E-state index is 12.5. The molecule has 3 rings (SSSR count). The summed E-state index contributed by atoms with van der Waals surface area (Å²) in [6.07, 6.45) is 0. The SMILES string of the molecule is COc1ccccc1S(=O)(=O)NCCN1CCN(Cc2ccccc2)CC1. The number of benzene rings is 2. The number of nitrogens with zero attached hydrogens (tertiary/aromatic N) is 2. The van der Waals surface area contributed by atoms with Crippen LogP contribution in [0.4, 0.5) is 0 Å². The normalized spacial score (nSPS) is 16.3. The van der Waals surface area contributed by atoms with E-state index in [0.717, 1.165) is 32.7 Å². The molecule has 2 aromatic carbocycles.